The number of nitrogens with one attached hydrogen (secondary N) is 1. The standard InChI is InChI=1S/C13H15BrClN3/c1-9(2)16-8-10-5-6-18(17-10)11-3-4-13(15)12(14)7-11/h3-7,9,16H,8H2,1-2H3. The Hall–Kier alpha value is -0.840. The van der Waals surface area contributed by atoms with Crippen molar-refractivity contribution in [1.82, 2.24) is 15.1 Å². The van der Waals surface area contributed by atoms with Gasteiger partial charge in [-0.05, 0) is 40.2 Å². The van der Waals surface area contributed by atoms with E-state index in [0.29, 0.717) is 11.1 Å². The van der Waals surface area contributed by atoms with Crippen LogP contribution in [0.1, 0.15) is 19.5 Å². The number of halogens is 2. The van der Waals surface area contributed by atoms with Gasteiger partial charge in [0.25, 0.3) is 0 Å². The molecule has 0 fully saturated rings. The van der Waals surface area contributed by atoms with Crippen molar-refractivity contribution in [3.05, 3.63) is 45.7 Å². The second kappa shape index (κ2) is 5.87. The minimum absolute atomic E-state index is 0.458. The fourth-order valence-electron chi connectivity index (χ4n) is 1.54. The molecule has 0 bridgehead atoms. The molecule has 2 rings (SSSR count). The lowest BCUT2D eigenvalue weighted by atomic mass is 10.3. The molecular formula is C13H15BrClN3. The third-order valence-electron chi connectivity index (χ3n) is 2.50. The lowest BCUT2D eigenvalue weighted by Crippen LogP contribution is -2.22. The molecule has 18 heavy (non-hydrogen) atoms. The predicted octanol–water partition coefficient (Wildman–Crippen LogP) is 3.79. The van der Waals surface area contributed by atoms with Crippen LogP contribution in [0.5, 0.6) is 0 Å². The molecule has 0 aliphatic carbocycles. The first-order chi connectivity index (χ1) is 8.56. The van der Waals surface area contributed by atoms with Gasteiger partial charge in [0, 0.05) is 23.3 Å². The van der Waals surface area contributed by atoms with Crippen LogP contribution in [0.4, 0.5) is 0 Å². The van der Waals surface area contributed by atoms with Crippen LogP contribution >= 0.6 is 27.5 Å². The van der Waals surface area contributed by atoms with Crippen molar-refractivity contribution in [3.8, 4) is 5.69 Å². The minimum Gasteiger partial charge on any atom is -0.309 e. The van der Waals surface area contributed by atoms with Gasteiger partial charge in [0.15, 0.2) is 0 Å². The molecule has 0 aliphatic rings. The van der Waals surface area contributed by atoms with Gasteiger partial charge in [-0.25, -0.2) is 4.68 Å². The maximum Gasteiger partial charge on any atom is 0.0766 e. The average molecular weight is 329 g/mol. The zero-order valence-corrected chi connectivity index (χ0v) is 12.7. The van der Waals surface area contributed by atoms with Gasteiger partial charge in [0.2, 0.25) is 0 Å². The molecular weight excluding hydrogens is 314 g/mol. The number of rotatable bonds is 4. The van der Waals surface area contributed by atoms with Gasteiger partial charge in [0.05, 0.1) is 16.4 Å². The summed E-state index contributed by atoms with van der Waals surface area (Å²) in [6.45, 7) is 5.01. The topological polar surface area (TPSA) is 29.9 Å². The number of aromatic nitrogens is 2. The quantitative estimate of drug-likeness (QED) is 0.925. The Morgan fingerprint density at radius 1 is 1.39 bits per heavy atom. The third-order valence-corrected chi connectivity index (χ3v) is 3.72. The average Bonchev–Trinajstić information content (AvgIpc) is 2.79. The Kier molecular flexibility index (Phi) is 4.43. The van der Waals surface area contributed by atoms with Crippen molar-refractivity contribution < 1.29 is 0 Å². The Balaban J connectivity index is 2.16. The van der Waals surface area contributed by atoms with Crippen molar-refractivity contribution in [2.24, 2.45) is 0 Å². The first-order valence-corrected chi connectivity index (χ1v) is 6.96. The van der Waals surface area contributed by atoms with E-state index in [1.54, 1.807) is 0 Å². The number of nitrogens with zero attached hydrogens (tertiary/aromatic N) is 2. The fourth-order valence-corrected chi connectivity index (χ4v) is 2.02. The van der Waals surface area contributed by atoms with Crippen LogP contribution in [-0.2, 0) is 6.54 Å². The number of hydrogen-bond acceptors (Lipinski definition) is 2. The molecule has 0 atom stereocenters. The van der Waals surface area contributed by atoms with Crippen LogP contribution in [0.2, 0.25) is 5.02 Å². The van der Waals surface area contributed by atoms with Crippen LogP contribution in [0.15, 0.2) is 34.9 Å². The molecule has 0 radical (unpaired) electrons. The molecule has 0 saturated heterocycles. The van der Waals surface area contributed by atoms with Crippen molar-refractivity contribution in [1.29, 1.82) is 0 Å². The normalized spacial score (nSPS) is 11.2. The summed E-state index contributed by atoms with van der Waals surface area (Å²) in [5.41, 5.74) is 2.01. The molecule has 5 heteroatoms. The SMILES string of the molecule is CC(C)NCc1ccn(-c2ccc(Cl)c(Br)c2)n1. The monoisotopic (exact) mass is 327 g/mol. The molecule has 0 aliphatic heterocycles. The second-order valence-electron chi connectivity index (χ2n) is 4.39. The van der Waals surface area contributed by atoms with Crippen LogP contribution in [0, 0.1) is 0 Å². The molecule has 1 N–H and O–H groups in total. The number of benzene rings is 1. The van der Waals surface area contributed by atoms with E-state index in [1.807, 2.05) is 35.1 Å². The Bertz CT molecular complexity index is 537. The highest BCUT2D eigenvalue weighted by Gasteiger charge is 2.04. The predicted molar refractivity (Wildman–Crippen MR) is 78.2 cm³/mol. The molecule has 1 aromatic heterocycles. The summed E-state index contributed by atoms with van der Waals surface area (Å²) in [5, 5.41) is 8.56. The molecule has 0 saturated carbocycles. The molecule has 0 amide bonds. The highest BCUT2D eigenvalue weighted by atomic mass is 79.9. The zero-order valence-electron chi connectivity index (χ0n) is 10.3. The first kappa shape index (κ1) is 13.6. The molecule has 0 spiro atoms. The Morgan fingerprint density at radius 2 is 2.17 bits per heavy atom. The fraction of sp³-hybridized carbons (Fsp3) is 0.308. The number of hydrogen-bond donors (Lipinski definition) is 1. The summed E-state index contributed by atoms with van der Waals surface area (Å²) in [6, 6.07) is 8.22. The van der Waals surface area contributed by atoms with E-state index in [0.717, 1.165) is 22.4 Å². The first-order valence-electron chi connectivity index (χ1n) is 5.79. The summed E-state index contributed by atoms with van der Waals surface area (Å²) >= 11 is 9.39. The van der Waals surface area contributed by atoms with Gasteiger partial charge in [-0.1, -0.05) is 25.4 Å². The molecule has 0 unspecified atom stereocenters. The summed E-state index contributed by atoms with van der Waals surface area (Å²) < 4.78 is 2.72. The molecule has 96 valence electrons. The van der Waals surface area contributed by atoms with E-state index in [4.69, 9.17) is 11.6 Å². The maximum absolute atomic E-state index is 5.97. The molecule has 3 nitrogen and oxygen atoms in total. The van der Waals surface area contributed by atoms with Gasteiger partial charge in [0.1, 0.15) is 0 Å². The van der Waals surface area contributed by atoms with E-state index >= 15 is 0 Å². The van der Waals surface area contributed by atoms with Gasteiger partial charge in [-0.15, -0.1) is 0 Å². The van der Waals surface area contributed by atoms with Crippen molar-refractivity contribution in [3.63, 3.8) is 0 Å². The lowest BCUT2D eigenvalue weighted by molar-refractivity contribution is 0.578. The third kappa shape index (κ3) is 3.34. The summed E-state index contributed by atoms with van der Waals surface area (Å²) in [6.07, 6.45) is 1.95. The van der Waals surface area contributed by atoms with Gasteiger partial charge >= 0.3 is 0 Å². The van der Waals surface area contributed by atoms with Crippen molar-refractivity contribution in [2.45, 2.75) is 26.4 Å². The highest BCUT2D eigenvalue weighted by Crippen LogP contribution is 2.24. The smallest absolute Gasteiger partial charge is 0.0766 e. The van der Waals surface area contributed by atoms with Crippen LogP contribution in [-0.4, -0.2) is 15.8 Å². The van der Waals surface area contributed by atoms with Gasteiger partial charge in [-0.3, -0.25) is 0 Å². The van der Waals surface area contributed by atoms with E-state index in [1.165, 1.54) is 0 Å². The summed E-state index contributed by atoms with van der Waals surface area (Å²) in [5.74, 6) is 0. The largest absolute Gasteiger partial charge is 0.309 e. The van der Waals surface area contributed by atoms with Crippen LogP contribution < -0.4 is 5.32 Å². The van der Waals surface area contributed by atoms with Crippen molar-refractivity contribution in [2.75, 3.05) is 0 Å². The maximum atomic E-state index is 5.97. The Morgan fingerprint density at radius 3 is 2.83 bits per heavy atom. The van der Waals surface area contributed by atoms with Crippen molar-refractivity contribution >= 4 is 27.5 Å². The Labute approximate surface area is 120 Å². The van der Waals surface area contributed by atoms with E-state index < -0.39 is 0 Å². The van der Waals surface area contributed by atoms with Gasteiger partial charge < -0.3 is 5.32 Å². The second-order valence-corrected chi connectivity index (χ2v) is 5.65. The van der Waals surface area contributed by atoms with Gasteiger partial charge in [-0.2, -0.15) is 5.10 Å². The van der Waals surface area contributed by atoms with E-state index in [-0.39, 0.29) is 0 Å². The molecule has 1 aromatic carbocycles. The molecule has 2 aromatic rings. The van der Waals surface area contributed by atoms with E-state index in [2.05, 4.69) is 40.2 Å². The highest BCUT2D eigenvalue weighted by molar-refractivity contribution is 9.10. The molecule has 1 heterocycles. The van der Waals surface area contributed by atoms with E-state index in [9.17, 15) is 0 Å². The van der Waals surface area contributed by atoms with Crippen LogP contribution in [0.3, 0.4) is 0 Å². The van der Waals surface area contributed by atoms with Crippen LogP contribution in [0.25, 0.3) is 5.69 Å². The lowest BCUT2D eigenvalue weighted by Gasteiger charge is -2.06. The minimum atomic E-state index is 0.458. The zero-order chi connectivity index (χ0) is 13.1. The summed E-state index contributed by atoms with van der Waals surface area (Å²) in [4.78, 5) is 0. The summed E-state index contributed by atoms with van der Waals surface area (Å²) in [7, 11) is 0.